The first-order valence-electron chi connectivity index (χ1n) is 10.6. The molecule has 0 saturated carbocycles. The van der Waals surface area contributed by atoms with Gasteiger partial charge in [-0.25, -0.2) is 4.99 Å². The molecule has 2 aromatic rings. The van der Waals surface area contributed by atoms with Crippen molar-refractivity contribution in [3.05, 3.63) is 51.2 Å². The number of carbonyl (C=O) groups is 2. The number of carbonyl (C=O) groups excluding carboxylic acids is 2. The Balaban J connectivity index is 1.85. The third-order valence-corrected chi connectivity index (χ3v) is 6.28. The Morgan fingerprint density at radius 3 is 2.78 bits per heavy atom. The summed E-state index contributed by atoms with van der Waals surface area (Å²) in [7, 11) is 1.67. The molecular weight excluding hydrogens is 426 g/mol. The molecular formula is C23H27N5O3S. The minimum absolute atomic E-state index is 0.136. The van der Waals surface area contributed by atoms with E-state index >= 15 is 0 Å². The van der Waals surface area contributed by atoms with E-state index < -0.39 is 0 Å². The highest BCUT2D eigenvalue weighted by atomic mass is 32.1. The zero-order valence-corrected chi connectivity index (χ0v) is 18.9. The van der Waals surface area contributed by atoms with E-state index in [9.17, 15) is 14.9 Å². The van der Waals surface area contributed by atoms with Crippen LogP contribution in [0, 0.1) is 11.3 Å². The number of amides is 2. The molecule has 0 unspecified atom stereocenters. The number of nitrogens with one attached hydrogen (secondary N) is 1. The average molecular weight is 454 g/mol. The van der Waals surface area contributed by atoms with Crippen LogP contribution in [-0.4, -0.2) is 66.3 Å². The molecule has 168 valence electrons. The summed E-state index contributed by atoms with van der Waals surface area (Å²) in [6.07, 6.45) is 5.17. The standard InChI is InChI=1S/C23H27N5O3S/c1-27(15-18-8-4-3-7-17(18)14-24)23(31)21-19(26-16-28-10-5-2-6-11-28)13-20(32-21)22(30)25-9-12-29/h3-4,7-8,13,16,29H,2,5-6,9-12,15H2,1H3,(H,25,30). The fourth-order valence-corrected chi connectivity index (χ4v) is 4.46. The maximum Gasteiger partial charge on any atom is 0.266 e. The Morgan fingerprint density at radius 2 is 2.06 bits per heavy atom. The van der Waals surface area contributed by atoms with Crippen molar-refractivity contribution < 1.29 is 14.7 Å². The van der Waals surface area contributed by atoms with Gasteiger partial charge in [0.05, 0.1) is 35.1 Å². The van der Waals surface area contributed by atoms with E-state index in [2.05, 4.69) is 21.3 Å². The Morgan fingerprint density at radius 1 is 1.31 bits per heavy atom. The largest absolute Gasteiger partial charge is 0.395 e. The Labute approximate surface area is 191 Å². The highest BCUT2D eigenvalue weighted by molar-refractivity contribution is 7.16. The van der Waals surface area contributed by atoms with Crippen LogP contribution in [0.15, 0.2) is 35.3 Å². The molecule has 1 aromatic heterocycles. The van der Waals surface area contributed by atoms with Crippen molar-refractivity contribution in [2.75, 3.05) is 33.3 Å². The summed E-state index contributed by atoms with van der Waals surface area (Å²) in [6, 6.07) is 10.9. The van der Waals surface area contributed by atoms with Gasteiger partial charge < -0.3 is 20.2 Å². The van der Waals surface area contributed by atoms with E-state index in [1.807, 2.05) is 12.1 Å². The number of nitriles is 1. The first-order valence-corrected chi connectivity index (χ1v) is 11.4. The van der Waals surface area contributed by atoms with E-state index in [4.69, 9.17) is 5.11 Å². The number of thiophene rings is 1. The minimum atomic E-state index is -0.352. The average Bonchev–Trinajstić information content (AvgIpc) is 3.26. The lowest BCUT2D eigenvalue weighted by Crippen LogP contribution is -2.28. The number of piperidine rings is 1. The second-order valence-corrected chi connectivity index (χ2v) is 8.63. The van der Waals surface area contributed by atoms with Crippen LogP contribution in [0.2, 0.25) is 0 Å². The summed E-state index contributed by atoms with van der Waals surface area (Å²) in [5, 5.41) is 20.9. The second-order valence-electron chi connectivity index (χ2n) is 7.58. The number of aliphatic hydroxyl groups is 1. The molecule has 0 aliphatic carbocycles. The molecule has 1 aliphatic heterocycles. The van der Waals surface area contributed by atoms with Gasteiger partial charge in [0.15, 0.2) is 0 Å². The van der Waals surface area contributed by atoms with Gasteiger partial charge in [0.2, 0.25) is 0 Å². The van der Waals surface area contributed by atoms with E-state index in [0.29, 0.717) is 21.0 Å². The summed E-state index contributed by atoms with van der Waals surface area (Å²) in [6.45, 7) is 2.08. The van der Waals surface area contributed by atoms with Crippen LogP contribution in [-0.2, 0) is 6.54 Å². The summed E-state index contributed by atoms with van der Waals surface area (Å²) in [4.78, 5) is 34.6. The van der Waals surface area contributed by atoms with Gasteiger partial charge in [0.25, 0.3) is 11.8 Å². The topological polar surface area (TPSA) is 109 Å². The van der Waals surface area contributed by atoms with Crippen LogP contribution in [0.3, 0.4) is 0 Å². The highest BCUT2D eigenvalue weighted by Crippen LogP contribution is 2.31. The molecule has 0 radical (unpaired) electrons. The third kappa shape index (κ3) is 5.93. The smallest absolute Gasteiger partial charge is 0.266 e. The number of benzene rings is 1. The zero-order chi connectivity index (χ0) is 22.9. The van der Waals surface area contributed by atoms with Crippen molar-refractivity contribution in [2.45, 2.75) is 25.8 Å². The van der Waals surface area contributed by atoms with Crippen LogP contribution in [0.5, 0.6) is 0 Å². The van der Waals surface area contributed by atoms with E-state index in [-0.39, 0.29) is 31.5 Å². The predicted molar refractivity (Wildman–Crippen MR) is 124 cm³/mol. The van der Waals surface area contributed by atoms with Crippen molar-refractivity contribution in [3.63, 3.8) is 0 Å². The van der Waals surface area contributed by atoms with Gasteiger partial charge in [-0.05, 0) is 37.0 Å². The molecule has 0 bridgehead atoms. The molecule has 2 heterocycles. The number of hydrogen-bond donors (Lipinski definition) is 2. The predicted octanol–water partition coefficient (Wildman–Crippen LogP) is 2.76. The highest BCUT2D eigenvalue weighted by Gasteiger charge is 2.23. The van der Waals surface area contributed by atoms with Crippen LogP contribution in [0.4, 0.5) is 5.69 Å². The van der Waals surface area contributed by atoms with Gasteiger partial charge in [-0.1, -0.05) is 18.2 Å². The zero-order valence-electron chi connectivity index (χ0n) is 18.1. The van der Waals surface area contributed by atoms with Gasteiger partial charge in [-0.15, -0.1) is 11.3 Å². The fraction of sp³-hybridized carbons (Fsp3) is 0.391. The van der Waals surface area contributed by atoms with Gasteiger partial charge >= 0.3 is 0 Å². The minimum Gasteiger partial charge on any atom is -0.395 e. The van der Waals surface area contributed by atoms with E-state index in [1.165, 1.54) is 11.3 Å². The lowest BCUT2D eigenvalue weighted by Gasteiger charge is -2.23. The summed E-state index contributed by atoms with van der Waals surface area (Å²) < 4.78 is 0. The van der Waals surface area contributed by atoms with Crippen molar-refractivity contribution in [1.29, 1.82) is 5.26 Å². The summed E-state index contributed by atoms with van der Waals surface area (Å²) in [5.74, 6) is -0.621. The van der Waals surface area contributed by atoms with Gasteiger partial charge in [-0.3, -0.25) is 9.59 Å². The quantitative estimate of drug-likeness (QED) is 0.472. The fourth-order valence-electron chi connectivity index (χ4n) is 3.44. The Kier molecular flexibility index (Phi) is 8.36. The molecule has 1 aliphatic rings. The molecule has 2 N–H and O–H groups in total. The van der Waals surface area contributed by atoms with Gasteiger partial charge in [0.1, 0.15) is 4.88 Å². The third-order valence-electron chi connectivity index (χ3n) is 5.17. The van der Waals surface area contributed by atoms with E-state index in [1.54, 1.807) is 31.6 Å². The maximum atomic E-state index is 13.3. The molecule has 1 aromatic carbocycles. The lowest BCUT2D eigenvalue weighted by atomic mass is 10.1. The molecule has 0 spiro atoms. The molecule has 1 saturated heterocycles. The monoisotopic (exact) mass is 453 g/mol. The maximum absolute atomic E-state index is 13.3. The molecule has 32 heavy (non-hydrogen) atoms. The van der Waals surface area contributed by atoms with Crippen LogP contribution >= 0.6 is 11.3 Å². The van der Waals surface area contributed by atoms with Crippen molar-refractivity contribution >= 4 is 35.2 Å². The number of aliphatic hydroxyl groups excluding tert-OH is 1. The van der Waals surface area contributed by atoms with Crippen LogP contribution in [0.1, 0.15) is 49.7 Å². The van der Waals surface area contributed by atoms with E-state index in [0.717, 1.165) is 42.8 Å². The summed E-state index contributed by atoms with van der Waals surface area (Å²) in [5.41, 5.74) is 1.72. The Bertz CT molecular complexity index is 1020. The summed E-state index contributed by atoms with van der Waals surface area (Å²) >= 11 is 1.08. The molecule has 9 heteroatoms. The number of hydrogen-bond acceptors (Lipinski definition) is 6. The normalized spacial score (nSPS) is 13.7. The molecule has 0 atom stereocenters. The molecule has 2 amide bonds. The lowest BCUT2D eigenvalue weighted by molar-refractivity contribution is 0.0790. The first kappa shape index (κ1) is 23.4. The second kappa shape index (κ2) is 11.4. The van der Waals surface area contributed by atoms with Crippen LogP contribution in [0.25, 0.3) is 0 Å². The van der Waals surface area contributed by atoms with Crippen LogP contribution < -0.4 is 5.32 Å². The Hall–Kier alpha value is -3.22. The first-order chi connectivity index (χ1) is 15.5. The van der Waals surface area contributed by atoms with Crippen molar-refractivity contribution in [3.8, 4) is 6.07 Å². The molecule has 3 rings (SSSR count). The number of likely N-dealkylation sites (tertiary alicyclic amines) is 1. The van der Waals surface area contributed by atoms with Crippen molar-refractivity contribution in [2.24, 2.45) is 4.99 Å². The molecule has 1 fully saturated rings. The number of rotatable bonds is 8. The van der Waals surface area contributed by atoms with Crippen molar-refractivity contribution in [1.82, 2.24) is 15.1 Å². The molecule has 8 nitrogen and oxygen atoms in total. The number of nitrogens with zero attached hydrogens (tertiary/aromatic N) is 4. The van der Waals surface area contributed by atoms with Gasteiger partial charge in [0, 0.05) is 33.2 Å². The van der Waals surface area contributed by atoms with Gasteiger partial charge in [-0.2, -0.15) is 5.26 Å². The SMILES string of the molecule is CN(Cc1ccccc1C#N)C(=O)c1sc(C(=O)NCCO)cc1N=CN1CCCCC1. The number of aliphatic imine (C=N–C) groups is 1.